The van der Waals surface area contributed by atoms with E-state index in [9.17, 15) is 9.59 Å². The lowest BCUT2D eigenvalue weighted by molar-refractivity contribution is 0.0637. The molecule has 1 atom stereocenters. The quantitative estimate of drug-likeness (QED) is 0.587. The minimum atomic E-state index is -0.284. The van der Waals surface area contributed by atoms with E-state index in [2.05, 4.69) is 10.00 Å². The van der Waals surface area contributed by atoms with E-state index in [-0.39, 0.29) is 17.6 Å². The highest BCUT2D eigenvalue weighted by molar-refractivity contribution is 6.02. The first-order chi connectivity index (χ1) is 15.8. The number of rotatable bonds is 6. The van der Waals surface area contributed by atoms with Crippen LogP contribution in [-0.4, -0.2) is 58.5 Å². The highest BCUT2D eigenvalue weighted by Crippen LogP contribution is 2.26. The molecule has 2 aromatic carbocycles. The Labute approximate surface area is 194 Å². The standard InChI is InChI=1S/C26H31N5O2/c1-18-6-12-22(13-7-18)31-25(27)23(15-28-31)24(32)21-5-4-14-30(17-21)26(33)20-10-8-19(9-11-20)16-29(2)3/h6-13,15,21H,4-5,14,16-17,27H2,1-3H3. The van der Waals surface area contributed by atoms with Crippen molar-refractivity contribution in [3.8, 4) is 5.69 Å². The molecule has 1 unspecified atom stereocenters. The monoisotopic (exact) mass is 445 g/mol. The number of Topliss-reactive ketones (excluding diaryl/α,β-unsaturated/α-hetero) is 1. The van der Waals surface area contributed by atoms with Crippen LogP contribution in [0.1, 0.15) is 44.7 Å². The number of piperidine rings is 1. The minimum absolute atomic E-state index is 0.0350. The maximum atomic E-state index is 13.3. The second-order valence-electron chi connectivity index (χ2n) is 9.08. The summed E-state index contributed by atoms with van der Waals surface area (Å²) in [6.07, 6.45) is 3.06. The predicted octanol–water partition coefficient (Wildman–Crippen LogP) is 3.56. The second kappa shape index (κ2) is 9.58. The number of nitrogens with zero attached hydrogens (tertiary/aromatic N) is 4. The number of amides is 1. The molecule has 4 rings (SSSR count). The smallest absolute Gasteiger partial charge is 0.253 e. The zero-order valence-corrected chi connectivity index (χ0v) is 19.5. The number of nitrogens with two attached hydrogens (primary N) is 1. The van der Waals surface area contributed by atoms with Crippen molar-refractivity contribution in [2.75, 3.05) is 32.9 Å². The van der Waals surface area contributed by atoms with E-state index in [1.807, 2.05) is 69.6 Å². The number of nitrogen functional groups attached to an aromatic ring is 1. The lowest BCUT2D eigenvalue weighted by Gasteiger charge is -2.32. The summed E-state index contributed by atoms with van der Waals surface area (Å²) in [4.78, 5) is 30.3. The maximum absolute atomic E-state index is 13.3. The van der Waals surface area contributed by atoms with Gasteiger partial charge in [0, 0.05) is 31.1 Å². The van der Waals surface area contributed by atoms with E-state index in [1.54, 1.807) is 15.8 Å². The van der Waals surface area contributed by atoms with E-state index >= 15 is 0 Å². The third-order valence-electron chi connectivity index (χ3n) is 6.13. The number of carbonyl (C=O) groups is 2. The van der Waals surface area contributed by atoms with E-state index in [0.29, 0.717) is 30.0 Å². The van der Waals surface area contributed by atoms with Gasteiger partial charge in [-0.1, -0.05) is 29.8 Å². The number of aryl methyl sites for hydroxylation is 1. The number of hydrogen-bond donors (Lipinski definition) is 1. The number of likely N-dealkylation sites (tertiary alicyclic amines) is 1. The summed E-state index contributed by atoms with van der Waals surface area (Å²) in [5.41, 5.74) is 10.5. The van der Waals surface area contributed by atoms with Crippen molar-refractivity contribution in [1.82, 2.24) is 19.6 Å². The van der Waals surface area contributed by atoms with Gasteiger partial charge in [-0.05, 0) is 63.7 Å². The summed E-state index contributed by atoms with van der Waals surface area (Å²) < 4.78 is 1.59. The average Bonchev–Trinajstić information content (AvgIpc) is 3.20. The molecule has 0 bridgehead atoms. The van der Waals surface area contributed by atoms with Gasteiger partial charge in [-0.3, -0.25) is 9.59 Å². The van der Waals surface area contributed by atoms with Gasteiger partial charge in [-0.25, -0.2) is 4.68 Å². The number of aromatic nitrogens is 2. The third kappa shape index (κ3) is 4.98. The molecule has 1 amide bonds. The molecular formula is C26H31N5O2. The lowest BCUT2D eigenvalue weighted by atomic mass is 9.90. The molecule has 0 radical (unpaired) electrons. The number of anilines is 1. The molecule has 1 aromatic heterocycles. The fourth-order valence-corrected chi connectivity index (χ4v) is 4.34. The maximum Gasteiger partial charge on any atom is 0.253 e. The molecule has 2 N–H and O–H groups in total. The molecule has 1 aliphatic rings. The minimum Gasteiger partial charge on any atom is -0.383 e. The number of ketones is 1. The van der Waals surface area contributed by atoms with Gasteiger partial charge in [0.2, 0.25) is 0 Å². The van der Waals surface area contributed by atoms with Crippen LogP contribution in [0.2, 0.25) is 0 Å². The first-order valence-electron chi connectivity index (χ1n) is 11.3. The number of hydrogen-bond acceptors (Lipinski definition) is 5. The van der Waals surface area contributed by atoms with Crippen LogP contribution in [0, 0.1) is 12.8 Å². The Kier molecular flexibility index (Phi) is 6.60. The third-order valence-corrected chi connectivity index (χ3v) is 6.13. The topological polar surface area (TPSA) is 84.5 Å². The summed E-state index contributed by atoms with van der Waals surface area (Å²) in [5.74, 6) is -0.0330. The molecule has 7 heteroatoms. The fourth-order valence-electron chi connectivity index (χ4n) is 4.34. The number of benzene rings is 2. The molecule has 3 aromatic rings. The van der Waals surface area contributed by atoms with Gasteiger partial charge in [0.25, 0.3) is 5.91 Å². The normalized spacial score (nSPS) is 16.2. The molecule has 172 valence electrons. The molecule has 7 nitrogen and oxygen atoms in total. The zero-order chi connectivity index (χ0) is 23.5. The Hall–Kier alpha value is -3.45. The molecule has 0 saturated carbocycles. The highest BCUT2D eigenvalue weighted by atomic mass is 16.2. The van der Waals surface area contributed by atoms with Crippen molar-refractivity contribution in [3.05, 3.63) is 77.0 Å². The predicted molar refractivity (Wildman–Crippen MR) is 130 cm³/mol. The van der Waals surface area contributed by atoms with Gasteiger partial charge >= 0.3 is 0 Å². The molecule has 2 heterocycles. The summed E-state index contributed by atoms with van der Waals surface area (Å²) in [6, 6.07) is 15.5. The first-order valence-corrected chi connectivity index (χ1v) is 11.3. The Morgan fingerprint density at radius 3 is 2.45 bits per heavy atom. The molecule has 0 aliphatic carbocycles. The highest BCUT2D eigenvalue weighted by Gasteiger charge is 2.31. The van der Waals surface area contributed by atoms with Gasteiger partial charge in [0.1, 0.15) is 5.82 Å². The van der Waals surface area contributed by atoms with Crippen LogP contribution < -0.4 is 5.73 Å². The van der Waals surface area contributed by atoms with E-state index in [0.717, 1.165) is 36.2 Å². The molecule has 33 heavy (non-hydrogen) atoms. The van der Waals surface area contributed by atoms with Gasteiger partial charge in [-0.2, -0.15) is 5.10 Å². The summed E-state index contributed by atoms with van der Waals surface area (Å²) in [7, 11) is 4.03. The number of carbonyl (C=O) groups excluding carboxylic acids is 2. The van der Waals surface area contributed by atoms with E-state index in [4.69, 9.17) is 5.73 Å². The van der Waals surface area contributed by atoms with Gasteiger partial charge in [0.05, 0.1) is 17.4 Å². The fraction of sp³-hybridized carbons (Fsp3) is 0.346. The van der Waals surface area contributed by atoms with Crippen molar-refractivity contribution >= 4 is 17.5 Å². The van der Waals surface area contributed by atoms with E-state index in [1.165, 1.54) is 0 Å². The Morgan fingerprint density at radius 1 is 1.09 bits per heavy atom. The SMILES string of the molecule is Cc1ccc(-n2ncc(C(=O)C3CCCN(C(=O)c4ccc(CN(C)C)cc4)C3)c2N)cc1. The Balaban J connectivity index is 1.47. The summed E-state index contributed by atoms with van der Waals surface area (Å²) >= 11 is 0. The largest absolute Gasteiger partial charge is 0.383 e. The van der Waals surface area contributed by atoms with E-state index < -0.39 is 0 Å². The Morgan fingerprint density at radius 2 is 1.79 bits per heavy atom. The lowest BCUT2D eigenvalue weighted by Crippen LogP contribution is -2.42. The van der Waals surface area contributed by atoms with Crippen LogP contribution in [0.4, 0.5) is 5.82 Å². The molecular weight excluding hydrogens is 414 g/mol. The van der Waals surface area contributed by atoms with Crippen molar-refractivity contribution in [3.63, 3.8) is 0 Å². The zero-order valence-electron chi connectivity index (χ0n) is 19.5. The first kappa shape index (κ1) is 22.7. The van der Waals surface area contributed by atoms with Crippen molar-refractivity contribution in [2.45, 2.75) is 26.3 Å². The van der Waals surface area contributed by atoms with Gasteiger partial charge in [-0.15, -0.1) is 0 Å². The van der Waals surface area contributed by atoms with Crippen molar-refractivity contribution in [1.29, 1.82) is 0 Å². The average molecular weight is 446 g/mol. The summed E-state index contributed by atoms with van der Waals surface area (Å²) in [5, 5.41) is 4.35. The van der Waals surface area contributed by atoms with Crippen LogP contribution in [0.25, 0.3) is 5.69 Å². The second-order valence-corrected chi connectivity index (χ2v) is 9.08. The molecule has 1 fully saturated rings. The van der Waals surface area contributed by atoms with Crippen LogP contribution in [0.3, 0.4) is 0 Å². The molecule has 1 aliphatic heterocycles. The molecule has 1 saturated heterocycles. The van der Waals surface area contributed by atoms with Crippen LogP contribution in [0.5, 0.6) is 0 Å². The van der Waals surface area contributed by atoms with Crippen molar-refractivity contribution in [2.24, 2.45) is 5.92 Å². The van der Waals surface area contributed by atoms with Gasteiger partial charge in [0.15, 0.2) is 5.78 Å². The van der Waals surface area contributed by atoms with Gasteiger partial charge < -0.3 is 15.5 Å². The van der Waals surface area contributed by atoms with Crippen LogP contribution in [-0.2, 0) is 6.54 Å². The molecule has 0 spiro atoms. The van der Waals surface area contributed by atoms with Crippen LogP contribution >= 0.6 is 0 Å². The van der Waals surface area contributed by atoms with Crippen LogP contribution in [0.15, 0.2) is 54.7 Å². The Bertz CT molecular complexity index is 1130. The summed E-state index contributed by atoms with van der Waals surface area (Å²) in [6.45, 7) is 3.89. The van der Waals surface area contributed by atoms with Crippen molar-refractivity contribution < 1.29 is 9.59 Å².